The smallest absolute Gasteiger partial charge is 0.322 e. The molecule has 0 spiro atoms. The van der Waals surface area contributed by atoms with Gasteiger partial charge in [-0.3, -0.25) is 19.2 Å². The molecule has 3 amide bonds. The third kappa shape index (κ3) is 4.71. The number of nitrogens with zero attached hydrogens (tertiary/aromatic N) is 1. The number of carboxylic acid groups (broad SMARTS) is 1. The fraction of sp³-hybridized carbons (Fsp3) is 0.412. The van der Waals surface area contributed by atoms with Crippen molar-refractivity contribution in [1.29, 1.82) is 0 Å². The van der Waals surface area contributed by atoms with E-state index in [2.05, 4.69) is 10.6 Å². The highest BCUT2D eigenvalue weighted by Crippen LogP contribution is 2.37. The Morgan fingerprint density at radius 3 is 2.46 bits per heavy atom. The summed E-state index contributed by atoms with van der Waals surface area (Å²) in [5.41, 5.74) is -0.453. The van der Waals surface area contributed by atoms with Crippen LogP contribution >= 0.6 is 0 Å². The number of carbonyl (C=O) groups is 4. The van der Waals surface area contributed by atoms with Crippen LogP contribution in [0.25, 0.3) is 0 Å². The van der Waals surface area contributed by atoms with Crippen LogP contribution in [-0.2, 0) is 19.2 Å². The molecule has 0 aliphatic carbocycles. The van der Waals surface area contributed by atoms with Gasteiger partial charge in [-0.05, 0) is 26.0 Å². The second-order valence-corrected chi connectivity index (χ2v) is 6.23. The van der Waals surface area contributed by atoms with Crippen LogP contribution in [0.3, 0.4) is 0 Å². The number of aliphatic carboxylic acids is 1. The van der Waals surface area contributed by atoms with E-state index in [1.54, 1.807) is 38.1 Å². The summed E-state index contributed by atoms with van der Waals surface area (Å²) in [4.78, 5) is 47.7. The maximum atomic E-state index is 12.6. The van der Waals surface area contributed by atoms with Gasteiger partial charge in [0.15, 0.2) is 5.60 Å². The second kappa shape index (κ2) is 7.85. The lowest BCUT2D eigenvalue weighted by atomic mass is 10.0. The van der Waals surface area contributed by atoms with E-state index >= 15 is 0 Å². The van der Waals surface area contributed by atoms with Crippen molar-refractivity contribution in [2.24, 2.45) is 0 Å². The number of fused-ring (bicyclic) bond motifs is 1. The van der Waals surface area contributed by atoms with Gasteiger partial charge >= 0.3 is 5.97 Å². The van der Waals surface area contributed by atoms with E-state index in [-0.39, 0.29) is 25.4 Å². The number of amides is 3. The summed E-state index contributed by atoms with van der Waals surface area (Å²) < 4.78 is 5.70. The van der Waals surface area contributed by atoms with E-state index in [4.69, 9.17) is 9.84 Å². The van der Waals surface area contributed by atoms with E-state index in [0.717, 1.165) is 0 Å². The zero-order valence-corrected chi connectivity index (χ0v) is 14.6. The average Bonchev–Trinajstić information content (AvgIpc) is 2.58. The molecule has 1 aromatic carbocycles. The van der Waals surface area contributed by atoms with Crippen LogP contribution in [0.1, 0.15) is 20.3 Å². The molecule has 0 bridgehead atoms. The highest BCUT2D eigenvalue weighted by molar-refractivity contribution is 6.02. The van der Waals surface area contributed by atoms with Gasteiger partial charge in [0, 0.05) is 13.0 Å². The Hall–Kier alpha value is -3.10. The van der Waals surface area contributed by atoms with E-state index < -0.39 is 29.9 Å². The minimum atomic E-state index is -1.17. The molecule has 140 valence electrons. The number of ether oxygens (including phenoxy) is 1. The van der Waals surface area contributed by atoms with Crippen LogP contribution in [-0.4, -0.2) is 54.0 Å². The van der Waals surface area contributed by atoms with E-state index in [9.17, 15) is 19.2 Å². The van der Waals surface area contributed by atoms with Crippen molar-refractivity contribution in [2.75, 3.05) is 24.5 Å². The highest BCUT2D eigenvalue weighted by atomic mass is 16.5. The van der Waals surface area contributed by atoms with E-state index in [0.29, 0.717) is 11.4 Å². The van der Waals surface area contributed by atoms with Crippen LogP contribution in [0.4, 0.5) is 5.69 Å². The Morgan fingerprint density at radius 2 is 1.77 bits per heavy atom. The first-order valence-electron chi connectivity index (χ1n) is 8.06. The average molecular weight is 363 g/mol. The minimum absolute atomic E-state index is 0.0115. The molecule has 26 heavy (non-hydrogen) atoms. The molecular weight excluding hydrogens is 342 g/mol. The Labute approximate surface area is 150 Å². The van der Waals surface area contributed by atoms with Crippen LogP contribution in [0.15, 0.2) is 24.3 Å². The van der Waals surface area contributed by atoms with Gasteiger partial charge in [-0.25, -0.2) is 0 Å². The van der Waals surface area contributed by atoms with Crippen LogP contribution in [0.5, 0.6) is 5.75 Å². The standard InChI is InChI=1S/C17H21N3O6/c1-17(2)16(25)20(11-5-3-4-6-12(11)26-17)8-7-13(21)18-9-14(22)19-10-15(23)24/h3-6H,7-10H2,1-2H3,(H,18,21)(H,19,22)(H,23,24). The first-order chi connectivity index (χ1) is 12.2. The largest absolute Gasteiger partial charge is 0.480 e. The summed E-state index contributed by atoms with van der Waals surface area (Å²) in [5.74, 6) is -1.90. The summed E-state index contributed by atoms with van der Waals surface area (Å²) in [6.45, 7) is 2.61. The molecule has 3 N–H and O–H groups in total. The van der Waals surface area contributed by atoms with Gasteiger partial charge in [0.05, 0.1) is 12.2 Å². The van der Waals surface area contributed by atoms with Crippen LogP contribution < -0.4 is 20.3 Å². The van der Waals surface area contributed by atoms with Crippen molar-refractivity contribution in [3.05, 3.63) is 24.3 Å². The lowest BCUT2D eigenvalue weighted by Gasteiger charge is -2.38. The molecule has 2 rings (SSSR count). The molecule has 0 fully saturated rings. The van der Waals surface area contributed by atoms with E-state index in [1.807, 2.05) is 0 Å². The van der Waals surface area contributed by atoms with Gasteiger partial charge in [-0.2, -0.15) is 0 Å². The van der Waals surface area contributed by atoms with E-state index in [1.165, 1.54) is 4.90 Å². The zero-order valence-electron chi connectivity index (χ0n) is 14.6. The van der Waals surface area contributed by atoms with Crippen LogP contribution in [0.2, 0.25) is 0 Å². The van der Waals surface area contributed by atoms with Gasteiger partial charge < -0.3 is 25.4 Å². The first-order valence-corrected chi connectivity index (χ1v) is 8.06. The molecule has 9 nitrogen and oxygen atoms in total. The SMILES string of the molecule is CC1(C)Oc2ccccc2N(CCC(=O)NCC(=O)NCC(=O)O)C1=O. The number of para-hydroxylation sites is 2. The van der Waals surface area contributed by atoms with Crippen molar-refractivity contribution in [3.63, 3.8) is 0 Å². The topological polar surface area (TPSA) is 125 Å². The highest BCUT2D eigenvalue weighted by Gasteiger charge is 2.40. The number of nitrogens with one attached hydrogen (secondary N) is 2. The van der Waals surface area contributed by atoms with Crippen molar-refractivity contribution >= 4 is 29.4 Å². The van der Waals surface area contributed by atoms with Crippen molar-refractivity contribution in [3.8, 4) is 5.75 Å². The number of carboxylic acids is 1. The molecule has 0 aromatic heterocycles. The quantitative estimate of drug-likeness (QED) is 0.621. The minimum Gasteiger partial charge on any atom is -0.480 e. The summed E-state index contributed by atoms with van der Waals surface area (Å²) >= 11 is 0. The molecule has 0 radical (unpaired) electrons. The Bertz CT molecular complexity index is 731. The fourth-order valence-electron chi connectivity index (χ4n) is 2.46. The summed E-state index contributed by atoms with van der Waals surface area (Å²) in [6.07, 6.45) is -0.0115. The maximum absolute atomic E-state index is 12.6. The maximum Gasteiger partial charge on any atom is 0.322 e. The monoisotopic (exact) mass is 363 g/mol. The van der Waals surface area contributed by atoms with Gasteiger partial charge in [0.1, 0.15) is 12.3 Å². The number of carbonyl (C=O) groups excluding carboxylic acids is 3. The van der Waals surface area contributed by atoms with Gasteiger partial charge in [-0.1, -0.05) is 12.1 Å². The first kappa shape index (κ1) is 19.2. The molecule has 0 saturated heterocycles. The molecule has 9 heteroatoms. The summed E-state index contributed by atoms with van der Waals surface area (Å²) in [7, 11) is 0. The molecule has 1 heterocycles. The van der Waals surface area contributed by atoms with Gasteiger partial charge in [0.25, 0.3) is 5.91 Å². The lowest BCUT2D eigenvalue weighted by molar-refractivity contribution is -0.137. The van der Waals surface area contributed by atoms with Crippen molar-refractivity contribution < 1.29 is 29.0 Å². The predicted molar refractivity (Wildman–Crippen MR) is 91.8 cm³/mol. The molecule has 1 aliphatic rings. The number of rotatable bonds is 7. The second-order valence-electron chi connectivity index (χ2n) is 6.23. The fourth-order valence-corrected chi connectivity index (χ4v) is 2.46. The predicted octanol–water partition coefficient (Wildman–Crippen LogP) is -0.102. The van der Waals surface area contributed by atoms with Crippen molar-refractivity contribution in [1.82, 2.24) is 10.6 Å². The number of hydrogen-bond donors (Lipinski definition) is 3. The molecule has 1 aromatic rings. The Kier molecular flexibility index (Phi) is 5.81. The molecule has 0 atom stereocenters. The van der Waals surface area contributed by atoms with Gasteiger partial charge in [-0.15, -0.1) is 0 Å². The number of benzene rings is 1. The summed E-state index contributed by atoms with van der Waals surface area (Å²) in [6, 6.07) is 7.06. The van der Waals surface area contributed by atoms with Crippen molar-refractivity contribution in [2.45, 2.75) is 25.9 Å². The summed E-state index contributed by atoms with van der Waals surface area (Å²) in [5, 5.41) is 13.0. The molecule has 1 aliphatic heterocycles. The Morgan fingerprint density at radius 1 is 1.12 bits per heavy atom. The number of anilines is 1. The normalized spacial score (nSPS) is 14.8. The zero-order chi connectivity index (χ0) is 19.3. The lowest BCUT2D eigenvalue weighted by Crippen LogP contribution is -2.53. The molecular formula is C17H21N3O6. The number of hydrogen-bond acceptors (Lipinski definition) is 5. The van der Waals surface area contributed by atoms with Crippen LogP contribution in [0, 0.1) is 0 Å². The molecule has 0 saturated carbocycles. The van der Waals surface area contributed by atoms with Gasteiger partial charge in [0.2, 0.25) is 11.8 Å². The Balaban J connectivity index is 1.92. The third-order valence-electron chi connectivity index (χ3n) is 3.73. The molecule has 0 unspecified atom stereocenters. The third-order valence-corrected chi connectivity index (χ3v) is 3.73.